The zero-order valence-electron chi connectivity index (χ0n) is 19.6. The highest BCUT2D eigenvalue weighted by atomic mass is 16.5. The second-order valence-electron chi connectivity index (χ2n) is 9.65. The number of amides is 1. The van der Waals surface area contributed by atoms with Gasteiger partial charge in [0.05, 0.1) is 49.1 Å². The van der Waals surface area contributed by atoms with Gasteiger partial charge in [0.25, 0.3) is 0 Å². The molecule has 174 valence electrons. The van der Waals surface area contributed by atoms with E-state index in [1.165, 1.54) is 0 Å². The molecule has 4 rings (SSSR count). The second kappa shape index (κ2) is 9.34. The zero-order chi connectivity index (χ0) is 22.9. The van der Waals surface area contributed by atoms with Gasteiger partial charge in [-0.15, -0.1) is 0 Å². The molecule has 3 heterocycles. The lowest BCUT2D eigenvalue weighted by Crippen LogP contribution is -2.57. The van der Waals surface area contributed by atoms with Crippen molar-refractivity contribution in [2.24, 2.45) is 0 Å². The van der Waals surface area contributed by atoms with Crippen LogP contribution < -0.4 is 4.90 Å². The van der Waals surface area contributed by atoms with Gasteiger partial charge in [-0.1, -0.05) is 0 Å². The molecule has 8 heteroatoms. The lowest BCUT2D eigenvalue weighted by molar-refractivity contribution is -0.136. The van der Waals surface area contributed by atoms with Crippen LogP contribution in [0.3, 0.4) is 0 Å². The monoisotopic (exact) mass is 442 g/mol. The predicted molar refractivity (Wildman–Crippen MR) is 120 cm³/mol. The van der Waals surface area contributed by atoms with Crippen molar-refractivity contribution in [3.63, 3.8) is 0 Å². The van der Waals surface area contributed by atoms with Crippen molar-refractivity contribution in [2.45, 2.75) is 63.7 Å². The third-order valence-corrected chi connectivity index (χ3v) is 6.69. The summed E-state index contributed by atoms with van der Waals surface area (Å²) in [7, 11) is 3.26. The molecule has 32 heavy (non-hydrogen) atoms. The van der Waals surface area contributed by atoms with E-state index in [1.807, 2.05) is 4.90 Å². The molecule has 0 aromatic carbocycles. The van der Waals surface area contributed by atoms with Gasteiger partial charge in [0.15, 0.2) is 0 Å². The van der Waals surface area contributed by atoms with E-state index in [0.717, 1.165) is 35.5 Å². The first kappa shape index (κ1) is 23.0. The Kier molecular flexibility index (Phi) is 6.70. The molecule has 1 aromatic heterocycles. The number of carbonyl (C=O) groups excluding carboxylic acids is 1. The average molecular weight is 443 g/mol. The number of hydrogen-bond acceptors (Lipinski definition) is 7. The summed E-state index contributed by atoms with van der Waals surface area (Å²) in [4.78, 5) is 21.8. The summed E-state index contributed by atoms with van der Waals surface area (Å²) in [6, 6.07) is 2.37. The molecule has 1 aliphatic carbocycles. The first-order valence-electron chi connectivity index (χ1n) is 11.5. The van der Waals surface area contributed by atoms with Gasteiger partial charge in [0.1, 0.15) is 11.9 Å². The summed E-state index contributed by atoms with van der Waals surface area (Å²) in [6.07, 6.45) is 3.35. The van der Waals surface area contributed by atoms with E-state index in [-0.39, 0.29) is 17.6 Å². The number of rotatable bonds is 7. The van der Waals surface area contributed by atoms with Crippen LogP contribution in [-0.4, -0.2) is 74.5 Å². The highest BCUT2D eigenvalue weighted by Crippen LogP contribution is 2.45. The molecule has 8 nitrogen and oxygen atoms in total. The van der Waals surface area contributed by atoms with Crippen LogP contribution in [0.2, 0.25) is 0 Å². The Hall–Kier alpha value is -2.21. The van der Waals surface area contributed by atoms with Crippen LogP contribution in [-0.2, 0) is 32.0 Å². The van der Waals surface area contributed by atoms with Crippen molar-refractivity contribution in [3.8, 4) is 6.07 Å². The highest BCUT2D eigenvalue weighted by Gasteiger charge is 2.38. The molecule has 0 spiro atoms. The van der Waals surface area contributed by atoms with Crippen LogP contribution >= 0.6 is 0 Å². The number of aromatic nitrogens is 1. The van der Waals surface area contributed by atoms with Crippen LogP contribution in [0, 0.1) is 11.3 Å². The molecule has 2 aliphatic heterocycles. The molecule has 1 atom stereocenters. The van der Waals surface area contributed by atoms with Gasteiger partial charge in [-0.05, 0) is 32.3 Å². The van der Waals surface area contributed by atoms with Gasteiger partial charge in [0, 0.05) is 51.8 Å². The van der Waals surface area contributed by atoms with Gasteiger partial charge in [-0.3, -0.25) is 4.79 Å². The highest BCUT2D eigenvalue weighted by molar-refractivity contribution is 5.77. The van der Waals surface area contributed by atoms with Crippen molar-refractivity contribution in [2.75, 3.05) is 52.0 Å². The maximum atomic E-state index is 12.7. The van der Waals surface area contributed by atoms with Gasteiger partial charge in [0.2, 0.25) is 5.91 Å². The van der Waals surface area contributed by atoms with Crippen molar-refractivity contribution in [3.05, 3.63) is 22.4 Å². The van der Waals surface area contributed by atoms with E-state index in [9.17, 15) is 10.1 Å². The quantitative estimate of drug-likeness (QED) is 0.641. The van der Waals surface area contributed by atoms with E-state index in [0.29, 0.717) is 63.8 Å². The van der Waals surface area contributed by atoms with Crippen LogP contribution in [0.25, 0.3) is 0 Å². The van der Waals surface area contributed by atoms with Crippen LogP contribution in [0.4, 0.5) is 5.82 Å². The lowest BCUT2D eigenvalue weighted by atomic mass is 9.87. The summed E-state index contributed by atoms with van der Waals surface area (Å²) >= 11 is 0. The number of piperazine rings is 1. The number of methoxy groups -OCH3 is 2. The van der Waals surface area contributed by atoms with E-state index in [1.54, 1.807) is 14.2 Å². The SMILES string of the molecule is COCCC(=O)N1CCN(c2nc(C3CC3)c3c(c2C#N)CC(C)(C)OC3)CC1COC. The third-order valence-electron chi connectivity index (χ3n) is 6.69. The number of fused-ring (bicyclic) bond motifs is 1. The molecule has 3 aliphatic rings. The molecular formula is C24H34N4O4. The van der Waals surface area contributed by atoms with Crippen LogP contribution in [0.15, 0.2) is 0 Å². The maximum absolute atomic E-state index is 12.7. The van der Waals surface area contributed by atoms with E-state index < -0.39 is 0 Å². The van der Waals surface area contributed by atoms with Crippen molar-refractivity contribution in [1.82, 2.24) is 9.88 Å². The zero-order valence-corrected chi connectivity index (χ0v) is 19.6. The molecule has 1 amide bonds. The Morgan fingerprint density at radius 2 is 2.03 bits per heavy atom. The molecule has 1 saturated carbocycles. The fourth-order valence-electron chi connectivity index (χ4n) is 4.86. The van der Waals surface area contributed by atoms with Crippen molar-refractivity contribution < 1.29 is 19.0 Å². The number of pyridine rings is 1. The number of anilines is 1. The fourth-order valence-corrected chi connectivity index (χ4v) is 4.86. The molecular weight excluding hydrogens is 408 g/mol. The Morgan fingerprint density at radius 3 is 2.69 bits per heavy atom. The average Bonchev–Trinajstić information content (AvgIpc) is 3.61. The molecule has 1 saturated heterocycles. The van der Waals surface area contributed by atoms with Crippen molar-refractivity contribution in [1.29, 1.82) is 5.26 Å². The molecule has 0 radical (unpaired) electrons. The predicted octanol–water partition coefficient (Wildman–Crippen LogP) is 2.38. The van der Waals surface area contributed by atoms with E-state index >= 15 is 0 Å². The van der Waals surface area contributed by atoms with Gasteiger partial charge >= 0.3 is 0 Å². The van der Waals surface area contributed by atoms with Crippen LogP contribution in [0.1, 0.15) is 61.4 Å². The number of hydrogen-bond donors (Lipinski definition) is 0. The lowest BCUT2D eigenvalue weighted by Gasteiger charge is -2.42. The minimum Gasteiger partial charge on any atom is -0.384 e. The maximum Gasteiger partial charge on any atom is 0.225 e. The Morgan fingerprint density at radius 1 is 1.25 bits per heavy atom. The Balaban J connectivity index is 1.67. The van der Waals surface area contributed by atoms with E-state index in [4.69, 9.17) is 19.2 Å². The summed E-state index contributed by atoms with van der Waals surface area (Å²) in [5, 5.41) is 10.2. The van der Waals surface area contributed by atoms with Crippen LogP contribution in [0.5, 0.6) is 0 Å². The minimum absolute atomic E-state index is 0.0741. The van der Waals surface area contributed by atoms with Crippen molar-refractivity contribution >= 4 is 11.7 Å². The first-order chi connectivity index (χ1) is 15.4. The summed E-state index contributed by atoms with van der Waals surface area (Å²) in [5.74, 6) is 1.30. The standard InChI is InChI=1S/C24H34N4O4/c1-24(2)11-18-19(12-25)23(26-22(16-5-6-16)20(18)15-32-24)27-8-9-28(17(13-27)14-31-4)21(29)7-10-30-3/h16-17H,5-11,13-15H2,1-4H3. The molecule has 1 aromatic rings. The fraction of sp³-hybridized carbons (Fsp3) is 0.708. The second-order valence-corrected chi connectivity index (χ2v) is 9.65. The third kappa shape index (κ3) is 4.61. The van der Waals surface area contributed by atoms with Gasteiger partial charge < -0.3 is 24.0 Å². The topological polar surface area (TPSA) is 87.9 Å². The summed E-state index contributed by atoms with van der Waals surface area (Å²) in [5.41, 5.74) is 3.68. The normalized spacial score (nSPS) is 22.4. The molecule has 0 bridgehead atoms. The number of ether oxygens (including phenoxy) is 3. The summed E-state index contributed by atoms with van der Waals surface area (Å²) < 4.78 is 16.6. The van der Waals surface area contributed by atoms with E-state index in [2.05, 4.69) is 24.8 Å². The smallest absolute Gasteiger partial charge is 0.225 e. The molecule has 2 fully saturated rings. The molecule has 0 N–H and O–H groups in total. The largest absolute Gasteiger partial charge is 0.384 e. The summed E-state index contributed by atoms with van der Waals surface area (Å²) in [6.45, 7) is 7.34. The minimum atomic E-state index is -0.302. The molecule has 1 unspecified atom stereocenters. The number of nitrogens with zero attached hydrogens (tertiary/aromatic N) is 4. The number of carbonyl (C=O) groups is 1. The number of nitriles is 1. The Labute approximate surface area is 190 Å². The van der Waals surface area contributed by atoms with Gasteiger partial charge in [-0.2, -0.15) is 5.26 Å². The Bertz CT molecular complexity index is 906. The van der Waals surface area contributed by atoms with Gasteiger partial charge in [-0.25, -0.2) is 4.98 Å². The first-order valence-corrected chi connectivity index (χ1v) is 11.5.